The van der Waals surface area contributed by atoms with Gasteiger partial charge in [-0.3, -0.25) is 0 Å². The number of sulfone groups is 2. The largest absolute Gasteiger partial charge is 0.229 e. The van der Waals surface area contributed by atoms with Crippen LogP contribution in [-0.2, 0) is 19.7 Å². The Morgan fingerprint density at radius 3 is 2.43 bits per heavy atom. The Morgan fingerprint density at radius 1 is 1.36 bits per heavy atom. The molecule has 0 saturated carbocycles. The van der Waals surface area contributed by atoms with Crippen molar-refractivity contribution in [3.05, 3.63) is 0 Å². The van der Waals surface area contributed by atoms with E-state index in [-0.39, 0.29) is 23.7 Å². The molecule has 0 amide bonds. The van der Waals surface area contributed by atoms with Gasteiger partial charge >= 0.3 is 0 Å². The Kier molecular flexibility index (Phi) is 3.58. The van der Waals surface area contributed by atoms with Gasteiger partial charge in [0, 0.05) is 0 Å². The highest BCUT2D eigenvalue weighted by molar-refractivity contribution is 7.96. The van der Waals surface area contributed by atoms with Gasteiger partial charge in [0.2, 0.25) is 0 Å². The average molecular weight is 240 g/mol. The molecule has 0 aromatic heterocycles. The third kappa shape index (κ3) is 2.95. The van der Waals surface area contributed by atoms with E-state index in [1.807, 2.05) is 6.92 Å². The fraction of sp³-hybridized carbons (Fsp3) is 1.00. The summed E-state index contributed by atoms with van der Waals surface area (Å²) < 4.78 is 45.4. The van der Waals surface area contributed by atoms with Gasteiger partial charge in [-0.2, -0.15) is 0 Å². The van der Waals surface area contributed by atoms with Crippen molar-refractivity contribution in [1.29, 1.82) is 0 Å². The molecule has 1 heterocycles. The number of hydrogen-bond donors (Lipinski definition) is 0. The Balaban J connectivity index is 2.67. The van der Waals surface area contributed by atoms with Crippen LogP contribution in [0.15, 0.2) is 0 Å². The lowest BCUT2D eigenvalue weighted by molar-refractivity contribution is 0.579. The van der Waals surface area contributed by atoms with Crippen LogP contribution < -0.4 is 0 Å². The smallest absolute Gasteiger partial charge is 0.154 e. The molecule has 1 rings (SSSR count). The van der Waals surface area contributed by atoms with Gasteiger partial charge in [-0.25, -0.2) is 16.8 Å². The SMILES string of the molecule is CCCCS(=O)(=O)[C@H]1CCS(=O)(=O)C1. The molecule has 0 aliphatic carbocycles. The molecule has 0 unspecified atom stereocenters. The second kappa shape index (κ2) is 4.18. The van der Waals surface area contributed by atoms with E-state index in [1.54, 1.807) is 0 Å². The van der Waals surface area contributed by atoms with Gasteiger partial charge in [-0.1, -0.05) is 13.3 Å². The van der Waals surface area contributed by atoms with E-state index in [9.17, 15) is 16.8 Å². The molecule has 1 saturated heterocycles. The van der Waals surface area contributed by atoms with Crippen molar-refractivity contribution < 1.29 is 16.8 Å². The quantitative estimate of drug-likeness (QED) is 0.713. The molecule has 0 N–H and O–H groups in total. The van der Waals surface area contributed by atoms with E-state index in [2.05, 4.69) is 0 Å². The topological polar surface area (TPSA) is 68.3 Å². The van der Waals surface area contributed by atoms with Gasteiger partial charge in [-0.05, 0) is 12.8 Å². The molecule has 1 atom stereocenters. The molecule has 0 radical (unpaired) electrons. The second-order valence-corrected chi connectivity index (χ2v) is 8.37. The Labute approximate surface area is 85.5 Å². The van der Waals surface area contributed by atoms with Crippen LogP contribution in [0.4, 0.5) is 0 Å². The van der Waals surface area contributed by atoms with E-state index in [1.165, 1.54) is 0 Å². The molecule has 1 aliphatic rings. The molecule has 4 nitrogen and oxygen atoms in total. The summed E-state index contributed by atoms with van der Waals surface area (Å²) in [5.74, 6) is -0.00818. The highest BCUT2D eigenvalue weighted by Gasteiger charge is 2.36. The minimum atomic E-state index is -3.17. The Morgan fingerprint density at radius 2 is 2.00 bits per heavy atom. The first kappa shape index (κ1) is 12.0. The third-order valence-corrected chi connectivity index (χ3v) is 6.74. The lowest BCUT2D eigenvalue weighted by Crippen LogP contribution is -2.25. The number of unbranched alkanes of at least 4 members (excludes halogenated alkanes) is 1. The highest BCUT2D eigenvalue weighted by Crippen LogP contribution is 2.20. The molecule has 14 heavy (non-hydrogen) atoms. The summed E-state index contributed by atoms with van der Waals surface area (Å²) >= 11 is 0. The van der Waals surface area contributed by atoms with Crippen LogP contribution in [0.2, 0.25) is 0 Å². The maximum atomic E-state index is 11.6. The molecule has 0 aromatic carbocycles. The van der Waals surface area contributed by atoms with Crippen molar-refractivity contribution >= 4 is 19.7 Å². The first-order chi connectivity index (χ1) is 6.37. The van der Waals surface area contributed by atoms with E-state index in [4.69, 9.17) is 0 Å². The maximum absolute atomic E-state index is 11.6. The Bertz CT molecular complexity index is 380. The van der Waals surface area contributed by atoms with Gasteiger partial charge in [-0.15, -0.1) is 0 Å². The van der Waals surface area contributed by atoms with Crippen molar-refractivity contribution in [2.45, 2.75) is 31.4 Å². The average Bonchev–Trinajstić information content (AvgIpc) is 2.43. The van der Waals surface area contributed by atoms with Crippen molar-refractivity contribution in [2.75, 3.05) is 17.3 Å². The van der Waals surface area contributed by atoms with Crippen molar-refractivity contribution in [2.24, 2.45) is 0 Å². The van der Waals surface area contributed by atoms with Crippen LogP contribution in [0.25, 0.3) is 0 Å². The summed E-state index contributed by atoms with van der Waals surface area (Å²) in [4.78, 5) is 0. The molecule has 1 fully saturated rings. The van der Waals surface area contributed by atoms with Crippen LogP contribution in [0, 0.1) is 0 Å². The number of hydrogen-bond acceptors (Lipinski definition) is 4. The van der Waals surface area contributed by atoms with E-state index in [0.717, 1.165) is 6.42 Å². The van der Waals surface area contributed by atoms with E-state index in [0.29, 0.717) is 6.42 Å². The summed E-state index contributed by atoms with van der Waals surface area (Å²) in [7, 11) is -6.26. The van der Waals surface area contributed by atoms with Crippen molar-refractivity contribution in [3.8, 4) is 0 Å². The van der Waals surface area contributed by atoms with Crippen LogP contribution in [0.1, 0.15) is 26.2 Å². The first-order valence-corrected chi connectivity index (χ1v) is 8.33. The summed E-state index contributed by atoms with van der Waals surface area (Å²) in [5, 5.41) is -0.640. The van der Waals surface area contributed by atoms with Gasteiger partial charge in [0.1, 0.15) is 0 Å². The fourth-order valence-corrected chi connectivity index (χ4v) is 6.20. The summed E-state index contributed by atoms with van der Waals surface area (Å²) in [6, 6.07) is 0. The van der Waals surface area contributed by atoms with Crippen LogP contribution in [0.3, 0.4) is 0 Å². The molecule has 1 aliphatic heterocycles. The van der Waals surface area contributed by atoms with Crippen LogP contribution >= 0.6 is 0 Å². The van der Waals surface area contributed by atoms with Gasteiger partial charge in [0.15, 0.2) is 19.7 Å². The predicted molar refractivity (Wildman–Crippen MR) is 55.8 cm³/mol. The molecule has 0 spiro atoms. The fourth-order valence-electron chi connectivity index (χ4n) is 1.56. The van der Waals surface area contributed by atoms with Crippen LogP contribution in [-0.4, -0.2) is 39.3 Å². The zero-order valence-electron chi connectivity index (χ0n) is 8.27. The van der Waals surface area contributed by atoms with E-state index >= 15 is 0 Å². The minimum Gasteiger partial charge on any atom is -0.229 e. The molecule has 0 bridgehead atoms. The molecule has 84 valence electrons. The predicted octanol–water partition coefficient (Wildman–Crippen LogP) is 0.388. The second-order valence-electron chi connectivity index (χ2n) is 3.75. The first-order valence-electron chi connectivity index (χ1n) is 4.79. The zero-order valence-corrected chi connectivity index (χ0v) is 9.90. The van der Waals surface area contributed by atoms with Gasteiger partial charge in [0.25, 0.3) is 0 Å². The van der Waals surface area contributed by atoms with Gasteiger partial charge < -0.3 is 0 Å². The zero-order chi connectivity index (χ0) is 10.8. The lowest BCUT2D eigenvalue weighted by atomic mass is 10.4. The normalized spacial score (nSPS) is 26.5. The van der Waals surface area contributed by atoms with Crippen molar-refractivity contribution in [3.63, 3.8) is 0 Å². The summed E-state index contributed by atoms with van der Waals surface area (Å²) in [6.07, 6.45) is 1.73. The highest BCUT2D eigenvalue weighted by atomic mass is 32.2. The van der Waals surface area contributed by atoms with E-state index < -0.39 is 24.9 Å². The van der Waals surface area contributed by atoms with Gasteiger partial charge in [0.05, 0.1) is 22.5 Å². The molecular formula is C8H16O4S2. The van der Waals surface area contributed by atoms with Crippen LogP contribution in [0.5, 0.6) is 0 Å². The molecular weight excluding hydrogens is 224 g/mol. The number of rotatable bonds is 4. The Hall–Kier alpha value is -0.100. The monoisotopic (exact) mass is 240 g/mol. The minimum absolute atomic E-state index is 0.0308. The molecule has 0 aromatic rings. The summed E-state index contributed by atoms with van der Waals surface area (Å²) in [6.45, 7) is 1.92. The lowest BCUT2D eigenvalue weighted by Gasteiger charge is -2.08. The van der Waals surface area contributed by atoms with Crippen molar-refractivity contribution in [1.82, 2.24) is 0 Å². The standard InChI is InChI=1S/C8H16O4S2/c1-2-3-5-14(11,12)8-4-6-13(9,10)7-8/h8H,2-7H2,1H3/t8-/m0/s1. The molecule has 6 heteroatoms. The maximum Gasteiger partial charge on any atom is 0.154 e. The summed E-state index contributed by atoms with van der Waals surface area (Å²) in [5.41, 5.74) is 0. The third-order valence-electron chi connectivity index (χ3n) is 2.48.